The van der Waals surface area contributed by atoms with Gasteiger partial charge in [-0.3, -0.25) is 4.79 Å². The van der Waals surface area contributed by atoms with Gasteiger partial charge in [-0.15, -0.1) is 0 Å². The molecule has 0 saturated heterocycles. The first-order chi connectivity index (χ1) is 7.71. The molecule has 0 aliphatic rings. The maximum absolute atomic E-state index is 10.6. The Labute approximate surface area is 93.2 Å². The summed E-state index contributed by atoms with van der Waals surface area (Å²) in [6.45, 7) is -0.440. The fraction of sp³-hybridized carbons (Fsp3) is 0.364. The van der Waals surface area contributed by atoms with Gasteiger partial charge in [0.25, 0.3) is 0 Å². The molecule has 1 atom stereocenters. The van der Waals surface area contributed by atoms with E-state index in [9.17, 15) is 4.79 Å². The highest BCUT2D eigenvalue weighted by Gasteiger charge is 2.08. The summed E-state index contributed by atoms with van der Waals surface area (Å²) < 4.78 is 10.3. The molecule has 5 heteroatoms. The minimum Gasteiger partial charge on any atom is -0.493 e. The van der Waals surface area contributed by atoms with Crippen molar-refractivity contribution >= 4 is 6.29 Å². The van der Waals surface area contributed by atoms with E-state index < -0.39 is 6.10 Å². The Kier molecular flexibility index (Phi) is 4.75. The largest absolute Gasteiger partial charge is 0.493 e. The predicted octanol–water partition coefficient (Wildman–Crippen LogP) is 0.240. The summed E-state index contributed by atoms with van der Waals surface area (Å²) in [7, 11) is 1.48. The van der Waals surface area contributed by atoms with Crippen molar-refractivity contribution in [2.45, 2.75) is 6.10 Å². The molecule has 1 unspecified atom stereocenters. The summed E-state index contributed by atoms with van der Waals surface area (Å²) in [5.41, 5.74) is 0.453. The summed E-state index contributed by atoms with van der Waals surface area (Å²) in [5, 5.41) is 17.7. The van der Waals surface area contributed by atoms with Crippen LogP contribution in [0.2, 0.25) is 0 Å². The van der Waals surface area contributed by atoms with Crippen LogP contribution in [0.5, 0.6) is 11.5 Å². The summed E-state index contributed by atoms with van der Waals surface area (Å²) in [6, 6.07) is 4.71. The molecule has 0 aliphatic heterocycles. The summed E-state index contributed by atoms with van der Waals surface area (Å²) in [4.78, 5) is 10.6. The number of carbonyl (C=O) groups is 1. The highest BCUT2D eigenvalue weighted by atomic mass is 16.5. The van der Waals surface area contributed by atoms with Gasteiger partial charge in [-0.2, -0.15) is 0 Å². The van der Waals surface area contributed by atoms with Crippen LogP contribution in [0, 0.1) is 0 Å². The van der Waals surface area contributed by atoms with Crippen molar-refractivity contribution in [3.05, 3.63) is 23.8 Å². The first-order valence-corrected chi connectivity index (χ1v) is 4.76. The number of hydrogen-bond donors (Lipinski definition) is 2. The highest BCUT2D eigenvalue weighted by Crippen LogP contribution is 2.27. The minimum atomic E-state index is -0.954. The van der Waals surface area contributed by atoms with Crippen molar-refractivity contribution in [2.75, 3.05) is 20.3 Å². The number of aliphatic hydroxyl groups is 2. The van der Waals surface area contributed by atoms with Crippen molar-refractivity contribution in [2.24, 2.45) is 0 Å². The Balaban J connectivity index is 2.78. The van der Waals surface area contributed by atoms with Gasteiger partial charge in [0.2, 0.25) is 0 Å². The minimum absolute atomic E-state index is 0.0603. The Morgan fingerprint density at radius 3 is 2.75 bits per heavy atom. The van der Waals surface area contributed by atoms with Gasteiger partial charge in [-0.25, -0.2) is 0 Å². The van der Waals surface area contributed by atoms with E-state index >= 15 is 0 Å². The van der Waals surface area contributed by atoms with Crippen LogP contribution in [0.4, 0.5) is 0 Å². The zero-order valence-corrected chi connectivity index (χ0v) is 8.92. The fourth-order valence-electron chi connectivity index (χ4n) is 1.12. The molecule has 0 aromatic heterocycles. The summed E-state index contributed by atoms with van der Waals surface area (Å²) >= 11 is 0. The van der Waals surface area contributed by atoms with Gasteiger partial charge in [-0.05, 0) is 18.2 Å². The van der Waals surface area contributed by atoms with E-state index in [4.69, 9.17) is 19.7 Å². The molecule has 88 valence electrons. The molecule has 0 spiro atoms. The van der Waals surface area contributed by atoms with Gasteiger partial charge in [0.1, 0.15) is 19.0 Å². The van der Waals surface area contributed by atoms with Crippen molar-refractivity contribution in [1.82, 2.24) is 0 Å². The molecule has 0 saturated carbocycles. The van der Waals surface area contributed by atoms with Gasteiger partial charge >= 0.3 is 0 Å². The fourth-order valence-corrected chi connectivity index (χ4v) is 1.12. The number of benzene rings is 1. The highest BCUT2D eigenvalue weighted by molar-refractivity contribution is 5.76. The lowest BCUT2D eigenvalue weighted by Crippen LogP contribution is -2.21. The molecule has 0 fully saturated rings. The van der Waals surface area contributed by atoms with Crippen LogP contribution >= 0.6 is 0 Å². The van der Waals surface area contributed by atoms with E-state index in [0.29, 0.717) is 23.3 Å². The summed E-state index contributed by atoms with van der Waals surface area (Å²) in [5.74, 6) is 0.829. The third-order valence-electron chi connectivity index (χ3n) is 1.97. The third kappa shape index (κ3) is 3.22. The standard InChI is InChI=1S/C11H14O5/c1-15-10-3-2-8(5-12)4-11(10)16-7-9(14)6-13/h2-5,9,13-14H,6-7H2,1H3. The van der Waals surface area contributed by atoms with Crippen molar-refractivity contribution in [1.29, 1.82) is 0 Å². The molecule has 1 aromatic carbocycles. The van der Waals surface area contributed by atoms with Crippen LogP contribution in [0.3, 0.4) is 0 Å². The molecule has 5 nitrogen and oxygen atoms in total. The molecular weight excluding hydrogens is 212 g/mol. The van der Waals surface area contributed by atoms with Crippen LogP contribution in [0.1, 0.15) is 10.4 Å². The van der Waals surface area contributed by atoms with Crippen molar-refractivity contribution in [3.63, 3.8) is 0 Å². The molecule has 1 rings (SSSR count). The molecule has 0 heterocycles. The third-order valence-corrected chi connectivity index (χ3v) is 1.97. The van der Waals surface area contributed by atoms with Crippen LogP contribution in [-0.4, -0.2) is 42.9 Å². The molecule has 16 heavy (non-hydrogen) atoms. The number of hydrogen-bond acceptors (Lipinski definition) is 5. The zero-order chi connectivity index (χ0) is 12.0. The summed E-state index contributed by atoms with van der Waals surface area (Å²) in [6.07, 6.45) is -0.265. The predicted molar refractivity (Wildman–Crippen MR) is 57.0 cm³/mol. The monoisotopic (exact) mass is 226 g/mol. The molecule has 1 aromatic rings. The van der Waals surface area contributed by atoms with E-state index in [0.717, 1.165) is 0 Å². The lowest BCUT2D eigenvalue weighted by Gasteiger charge is -2.13. The Bertz CT molecular complexity index is 350. The second-order valence-corrected chi connectivity index (χ2v) is 3.18. The maximum Gasteiger partial charge on any atom is 0.162 e. The average molecular weight is 226 g/mol. The average Bonchev–Trinajstić information content (AvgIpc) is 2.35. The molecule has 0 amide bonds. The van der Waals surface area contributed by atoms with Crippen LogP contribution < -0.4 is 9.47 Å². The van der Waals surface area contributed by atoms with E-state index in [1.54, 1.807) is 12.1 Å². The first-order valence-electron chi connectivity index (χ1n) is 4.76. The first kappa shape index (κ1) is 12.5. The second kappa shape index (κ2) is 6.09. The van der Waals surface area contributed by atoms with E-state index in [1.165, 1.54) is 13.2 Å². The topological polar surface area (TPSA) is 76.0 Å². The number of aliphatic hydroxyl groups excluding tert-OH is 2. The maximum atomic E-state index is 10.6. The van der Waals surface area contributed by atoms with E-state index in [-0.39, 0.29) is 13.2 Å². The number of methoxy groups -OCH3 is 1. The molecular formula is C11H14O5. The zero-order valence-electron chi connectivity index (χ0n) is 8.92. The van der Waals surface area contributed by atoms with E-state index in [1.807, 2.05) is 0 Å². The van der Waals surface area contributed by atoms with Gasteiger partial charge in [0.15, 0.2) is 11.5 Å². The molecule has 0 aliphatic carbocycles. The lowest BCUT2D eigenvalue weighted by atomic mass is 10.2. The molecule has 0 bridgehead atoms. The van der Waals surface area contributed by atoms with Gasteiger partial charge in [0.05, 0.1) is 13.7 Å². The van der Waals surface area contributed by atoms with Crippen LogP contribution in [0.25, 0.3) is 0 Å². The Hall–Kier alpha value is -1.59. The van der Waals surface area contributed by atoms with Gasteiger partial charge in [-0.1, -0.05) is 0 Å². The Morgan fingerprint density at radius 1 is 1.44 bits per heavy atom. The van der Waals surface area contributed by atoms with Gasteiger partial charge < -0.3 is 19.7 Å². The Morgan fingerprint density at radius 2 is 2.19 bits per heavy atom. The molecule has 2 N–H and O–H groups in total. The van der Waals surface area contributed by atoms with E-state index in [2.05, 4.69) is 0 Å². The molecule has 0 radical (unpaired) electrons. The number of aldehydes is 1. The van der Waals surface area contributed by atoms with Crippen molar-refractivity contribution in [3.8, 4) is 11.5 Å². The normalized spacial score (nSPS) is 11.9. The number of carbonyl (C=O) groups excluding carboxylic acids is 1. The lowest BCUT2D eigenvalue weighted by molar-refractivity contribution is 0.0527. The quantitative estimate of drug-likeness (QED) is 0.679. The van der Waals surface area contributed by atoms with Crippen LogP contribution in [0.15, 0.2) is 18.2 Å². The second-order valence-electron chi connectivity index (χ2n) is 3.18. The smallest absolute Gasteiger partial charge is 0.162 e. The van der Waals surface area contributed by atoms with Gasteiger partial charge in [0, 0.05) is 5.56 Å². The number of rotatable bonds is 6. The SMILES string of the molecule is COc1ccc(C=O)cc1OCC(O)CO. The number of ether oxygens (including phenoxy) is 2. The van der Waals surface area contributed by atoms with Crippen molar-refractivity contribution < 1.29 is 24.5 Å². The van der Waals surface area contributed by atoms with Crippen LogP contribution in [-0.2, 0) is 0 Å².